The van der Waals surface area contributed by atoms with Crippen LogP contribution in [0.1, 0.15) is 25.3 Å². The van der Waals surface area contributed by atoms with Crippen LogP contribution in [0.5, 0.6) is 5.75 Å². The summed E-state index contributed by atoms with van der Waals surface area (Å²) >= 11 is 0. The third-order valence-electron chi connectivity index (χ3n) is 3.63. The molecule has 1 unspecified atom stereocenters. The Kier molecular flexibility index (Phi) is 5.05. The van der Waals surface area contributed by atoms with E-state index in [-0.39, 0.29) is 0 Å². The number of nitrogens with one attached hydrogen (secondary N) is 1. The van der Waals surface area contributed by atoms with Crippen LogP contribution in [-0.4, -0.2) is 13.7 Å². The quantitative estimate of drug-likeness (QED) is 0.831. The van der Waals surface area contributed by atoms with E-state index in [1.807, 2.05) is 18.2 Å². The van der Waals surface area contributed by atoms with Crippen LogP contribution in [0, 0.1) is 5.92 Å². The number of rotatable bonds is 6. The van der Waals surface area contributed by atoms with E-state index in [1.54, 1.807) is 7.11 Å². The van der Waals surface area contributed by atoms with Crippen LogP contribution in [0.4, 0.5) is 5.69 Å². The zero-order chi connectivity index (χ0) is 14.4. The summed E-state index contributed by atoms with van der Waals surface area (Å²) in [5.74, 6) is 1.98. The Morgan fingerprint density at radius 2 is 1.75 bits per heavy atom. The summed E-state index contributed by atoms with van der Waals surface area (Å²) in [6.07, 6.45) is 0. The standard InChI is InChI=1S/C18H23NO/c1-14(2)18(15-8-5-4-6-9-15)13-19-16-10-7-11-17(12-16)20-3/h4-12,14,18-19H,13H2,1-3H3. The topological polar surface area (TPSA) is 21.3 Å². The van der Waals surface area contributed by atoms with Crippen molar-refractivity contribution in [3.8, 4) is 5.75 Å². The van der Waals surface area contributed by atoms with Crippen LogP contribution >= 0.6 is 0 Å². The molecule has 106 valence electrons. The second kappa shape index (κ2) is 6.99. The Balaban J connectivity index is 2.06. The summed E-state index contributed by atoms with van der Waals surface area (Å²) in [4.78, 5) is 0. The Hall–Kier alpha value is -1.96. The highest BCUT2D eigenvalue weighted by atomic mass is 16.5. The van der Waals surface area contributed by atoms with Gasteiger partial charge < -0.3 is 10.1 Å². The molecule has 2 heteroatoms. The van der Waals surface area contributed by atoms with E-state index in [9.17, 15) is 0 Å². The monoisotopic (exact) mass is 269 g/mol. The molecule has 1 N–H and O–H groups in total. The molecule has 2 rings (SSSR count). The summed E-state index contributed by atoms with van der Waals surface area (Å²) in [6.45, 7) is 5.46. The fourth-order valence-corrected chi connectivity index (χ4v) is 2.40. The van der Waals surface area contributed by atoms with E-state index in [2.05, 4.69) is 55.6 Å². The van der Waals surface area contributed by atoms with Gasteiger partial charge in [0.05, 0.1) is 7.11 Å². The van der Waals surface area contributed by atoms with Crippen molar-refractivity contribution in [2.75, 3.05) is 19.0 Å². The maximum atomic E-state index is 5.25. The molecule has 0 spiro atoms. The lowest BCUT2D eigenvalue weighted by Crippen LogP contribution is -2.17. The molecule has 2 aromatic rings. The average Bonchev–Trinajstić information content (AvgIpc) is 2.48. The van der Waals surface area contributed by atoms with E-state index in [4.69, 9.17) is 4.74 Å². The first-order chi connectivity index (χ1) is 9.70. The van der Waals surface area contributed by atoms with E-state index in [1.165, 1.54) is 5.56 Å². The molecule has 0 heterocycles. The van der Waals surface area contributed by atoms with Crippen molar-refractivity contribution in [1.82, 2.24) is 0 Å². The van der Waals surface area contributed by atoms with Crippen molar-refractivity contribution in [1.29, 1.82) is 0 Å². The SMILES string of the molecule is COc1cccc(NCC(c2ccccc2)C(C)C)c1. The Morgan fingerprint density at radius 1 is 1.00 bits per heavy atom. The van der Waals surface area contributed by atoms with Crippen LogP contribution < -0.4 is 10.1 Å². The number of ether oxygens (including phenoxy) is 1. The van der Waals surface area contributed by atoms with Gasteiger partial charge in [-0.1, -0.05) is 50.2 Å². The Morgan fingerprint density at radius 3 is 2.40 bits per heavy atom. The first-order valence-electron chi connectivity index (χ1n) is 7.13. The summed E-state index contributed by atoms with van der Waals surface area (Å²) < 4.78 is 5.25. The van der Waals surface area contributed by atoms with Crippen molar-refractivity contribution in [2.24, 2.45) is 5.92 Å². The highest BCUT2D eigenvalue weighted by Gasteiger charge is 2.15. The minimum atomic E-state index is 0.502. The summed E-state index contributed by atoms with van der Waals surface area (Å²) in [5, 5.41) is 3.52. The third-order valence-corrected chi connectivity index (χ3v) is 3.63. The molecule has 0 saturated heterocycles. The molecule has 1 atom stereocenters. The molecule has 0 bridgehead atoms. The first kappa shape index (κ1) is 14.4. The molecule has 0 radical (unpaired) electrons. The van der Waals surface area contributed by atoms with Crippen molar-refractivity contribution in [2.45, 2.75) is 19.8 Å². The fourth-order valence-electron chi connectivity index (χ4n) is 2.40. The second-order valence-corrected chi connectivity index (χ2v) is 5.37. The van der Waals surface area contributed by atoms with Crippen LogP contribution in [0.15, 0.2) is 54.6 Å². The lowest BCUT2D eigenvalue weighted by Gasteiger charge is -2.22. The van der Waals surface area contributed by atoms with E-state index in [0.29, 0.717) is 11.8 Å². The fraction of sp³-hybridized carbons (Fsp3) is 0.333. The highest BCUT2D eigenvalue weighted by molar-refractivity contribution is 5.48. The zero-order valence-corrected chi connectivity index (χ0v) is 12.5. The lowest BCUT2D eigenvalue weighted by atomic mass is 9.88. The van der Waals surface area contributed by atoms with Gasteiger partial charge in [0.25, 0.3) is 0 Å². The van der Waals surface area contributed by atoms with Crippen LogP contribution in [0.2, 0.25) is 0 Å². The van der Waals surface area contributed by atoms with Gasteiger partial charge in [0.2, 0.25) is 0 Å². The largest absolute Gasteiger partial charge is 0.497 e. The lowest BCUT2D eigenvalue weighted by molar-refractivity contribution is 0.415. The predicted molar refractivity (Wildman–Crippen MR) is 85.5 cm³/mol. The second-order valence-electron chi connectivity index (χ2n) is 5.37. The minimum absolute atomic E-state index is 0.502. The summed E-state index contributed by atoms with van der Waals surface area (Å²) in [6, 6.07) is 18.8. The number of benzene rings is 2. The molecule has 0 saturated carbocycles. The van der Waals surface area contributed by atoms with E-state index >= 15 is 0 Å². The molecule has 0 amide bonds. The van der Waals surface area contributed by atoms with Gasteiger partial charge in [0, 0.05) is 24.2 Å². The van der Waals surface area contributed by atoms with Gasteiger partial charge in [-0.15, -0.1) is 0 Å². The maximum Gasteiger partial charge on any atom is 0.120 e. The number of hydrogen-bond donors (Lipinski definition) is 1. The van der Waals surface area contributed by atoms with E-state index in [0.717, 1.165) is 18.0 Å². The Bertz CT molecular complexity index is 522. The smallest absolute Gasteiger partial charge is 0.120 e. The van der Waals surface area contributed by atoms with Crippen molar-refractivity contribution in [3.63, 3.8) is 0 Å². The van der Waals surface area contributed by atoms with Crippen molar-refractivity contribution in [3.05, 3.63) is 60.2 Å². The molecule has 0 aliphatic rings. The van der Waals surface area contributed by atoms with Gasteiger partial charge in [-0.05, 0) is 23.6 Å². The first-order valence-corrected chi connectivity index (χ1v) is 7.13. The maximum absolute atomic E-state index is 5.25. The van der Waals surface area contributed by atoms with Gasteiger partial charge in [-0.3, -0.25) is 0 Å². The third kappa shape index (κ3) is 3.77. The van der Waals surface area contributed by atoms with Gasteiger partial charge in [0.15, 0.2) is 0 Å². The van der Waals surface area contributed by atoms with Crippen molar-refractivity contribution < 1.29 is 4.74 Å². The minimum Gasteiger partial charge on any atom is -0.497 e. The van der Waals surface area contributed by atoms with E-state index < -0.39 is 0 Å². The van der Waals surface area contributed by atoms with Crippen LogP contribution in [0.25, 0.3) is 0 Å². The molecular weight excluding hydrogens is 246 g/mol. The highest BCUT2D eigenvalue weighted by Crippen LogP contribution is 2.25. The molecular formula is C18H23NO. The molecule has 0 fully saturated rings. The zero-order valence-electron chi connectivity index (χ0n) is 12.5. The van der Waals surface area contributed by atoms with Gasteiger partial charge in [0.1, 0.15) is 5.75 Å². The summed E-state index contributed by atoms with van der Waals surface area (Å²) in [7, 11) is 1.69. The predicted octanol–water partition coefficient (Wildman–Crippen LogP) is 4.55. The summed E-state index contributed by atoms with van der Waals surface area (Å²) in [5.41, 5.74) is 2.49. The number of anilines is 1. The van der Waals surface area contributed by atoms with Crippen LogP contribution in [-0.2, 0) is 0 Å². The number of methoxy groups -OCH3 is 1. The molecule has 0 aliphatic carbocycles. The average molecular weight is 269 g/mol. The normalized spacial score (nSPS) is 12.2. The molecule has 0 aliphatic heterocycles. The number of hydrogen-bond acceptors (Lipinski definition) is 2. The van der Waals surface area contributed by atoms with Gasteiger partial charge >= 0.3 is 0 Å². The molecule has 2 aromatic carbocycles. The molecule has 20 heavy (non-hydrogen) atoms. The van der Waals surface area contributed by atoms with Gasteiger partial charge in [-0.2, -0.15) is 0 Å². The van der Waals surface area contributed by atoms with Crippen LogP contribution in [0.3, 0.4) is 0 Å². The Labute approximate surface area is 121 Å². The van der Waals surface area contributed by atoms with Crippen molar-refractivity contribution >= 4 is 5.69 Å². The van der Waals surface area contributed by atoms with Gasteiger partial charge in [-0.25, -0.2) is 0 Å². The molecule has 2 nitrogen and oxygen atoms in total. The molecule has 0 aromatic heterocycles.